The standard InChI is InChI=1S/C9H16ClNO4.Ca/c1-9(2,5-12)7(10)8(15)11-4-3-6(13)14;/h7,12H,3-5H2,1-2H3,(H,11,15)(H,13,14);/q;+2. The summed E-state index contributed by atoms with van der Waals surface area (Å²) in [5, 5.41) is 18.8. The van der Waals surface area contributed by atoms with E-state index in [1.165, 1.54) is 0 Å². The van der Waals surface area contributed by atoms with Crippen molar-refractivity contribution in [1.29, 1.82) is 0 Å². The van der Waals surface area contributed by atoms with Crippen LogP contribution in [-0.4, -0.2) is 78.4 Å². The summed E-state index contributed by atoms with van der Waals surface area (Å²) in [5.41, 5.74) is -0.727. The maximum atomic E-state index is 11.4. The van der Waals surface area contributed by atoms with Crippen molar-refractivity contribution in [2.75, 3.05) is 13.2 Å². The molecule has 0 fully saturated rings. The fraction of sp³-hybridized carbons (Fsp3) is 0.778. The second kappa shape index (κ2) is 8.53. The van der Waals surface area contributed by atoms with E-state index in [-0.39, 0.29) is 57.3 Å². The van der Waals surface area contributed by atoms with Gasteiger partial charge < -0.3 is 15.5 Å². The van der Waals surface area contributed by atoms with Crippen LogP contribution in [0.5, 0.6) is 0 Å². The first-order valence-corrected chi connectivity index (χ1v) is 4.99. The normalized spacial score (nSPS) is 12.5. The molecular formula is C9H16CaClNO4+2. The SMILES string of the molecule is CC(C)(CO)C(Cl)C(=O)NCCC(=O)O.[Ca+2]. The Morgan fingerprint density at radius 3 is 2.31 bits per heavy atom. The second-order valence-electron chi connectivity index (χ2n) is 3.94. The number of aliphatic hydroxyl groups excluding tert-OH is 1. The van der Waals surface area contributed by atoms with Crippen molar-refractivity contribution in [3.63, 3.8) is 0 Å². The summed E-state index contributed by atoms with van der Waals surface area (Å²) in [4.78, 5) is 21.6. The summed E-state index contributed by atoms with van der Waals surface area (Å²) in [6.07, 6.45) is -0.144. The molecule has 0 bridgehead atoms. The Morgan fingerprint density at radius 1 is 1.44 bits per heavy atom. The van der Waals surface area contributed by atoms with Crippen LogP contribution >= 0.6 is 11.6 Å². The molecule has 7 heteroatoms. The number of aliphatic carboxylic acids is 1. The Balaban J connectivity index is 0. The van der Waals surface area contributed by atoms with Gasteiger partial charge >= 0.3 is 43.7 Å². The smallest absolute Gasteiger partial charge is 0.481 e. The predicted molar refractivity (Wildman–Crippen MR) is 61.5 cm³/mol. The van der Waals surface area contributed by atoms with Crippen LogP contribution in [0.15, 0.2) is 0 Å². The van der Waals surface area contributed by atoms with Crippen molar-refractivity contribution in [2.45, 2.75) is 25.6 Å². The Morgan fingerprint density at radius 2 is 1.94 bits per heavy atom. The van der Waals surface area contributed by atoms with Crippen molar-refractivity contribution in [3.8, 4) is 0 Å². The Bertz CT molecular complexity index is 248. The van der Waals surface area contributed by atoms with Gasteiger partial charge in [-0.15, -0.1) is 11.6 Å². The third kappa shape index (κ3) is 6.91. The molecule has 1 amide bonds. The summed E-state index contributed by atoms with van der Waals surface area (Å²) < 4.78 is 0. The molecule has 1 unspecified atom stereocenters. The third-order valence-corrected chi connectivity index (χ3v) is 2.75. The molecule has 0 saturated heterocycles. The van der Waals surface area contributed by atoms with Crippen LogP contribution in [0.3, 0.4) is 0 Å². The number of rotatable bonds is 6. The maximum Gasteiger partial charge on any atom is 2.00 e. The number of nitrogens with one attached hydrogen (secondary N) is 1. The summed E-state index contributed by atoms with van der Waals surface area (Å²) in [7, 11) is 0. The molecule has 0 heterocycles. The van der Waals surface area contributed by atoms with E-state index in [9.17, 15) is 9.59 Å². The number of carboxylic acid groups (broad SMARTS) is 1. The van der Waals surface area contributed by atoms with E-state index in [1.54, 1.807) is 13.8 Å². The molecule has 1 atom stereocenters. The number of carbonyl (C=O) groups is 2. The second-order valence-corrected chi connectivity index (χ2v) is 4.38. The molecule has 0 spiro atoms. The van der Waals surface area contributed by atoms with Crippen molar-refractivity contribution in [1.82, 2.24) is 5.32 Å². The molecule has 0 aromatic rings. The van der Waals surface area contributed by atoms with Crippen LogP contribution in [0.2, 0.25) is 0 Å². The summed E-state index contributed by atoms with van der Waals surface area (Å²) in [5.74, 6) is -1.44. The number of halogens is 1. The molecule has 0 aliphatic heterocycles. The van der Waals surface area contributed by atoms with Gasteiger partial charge in [-0.1, -0.05) is 13.8 Å². The topological polar surface area (TPSA) is 86.6 Å². The number of aliphatic hydroxyl groups is 1. The molecule has 5 nitrogen and oxygen atoms in total. The van der Waals surface area contributed by atoms with E-state index >= 15 is 0 Å². The number of hydrogen-bond donors (Lipinski definition) is 3. The average molecular weight is 278 g/mol. The van der Waals surface area contributed by atoms with E-state index in [2.05, 4.69) is 5.32 Å². The third-order valence-electron chi connectivity index (χ3n) is 1.96. The molecule has 88 valence electrons. The fourth-order valence-electron chi connectivity index (χ4n) is 0.817. The minimum Gasteiger partial charge on any atom is -0.481 e. The van der Waals surface area contributed by atoms with Gasteiger partial charge in [-0.3, -0.25) is 9.59 Å². The van der Waals surface area contributed by atoms with Crippen molar-refractivity contribution in [3.05, 3.63) is 0 Å². The number of carboxylic acids is 1. The first-order chi connectivity index (χ1) is 6.81. The van der Waals surface area contributed by atoms with Crippen molar-refractivity contribution >= 4 is 61.2 Å². The van der Waals surface area contributed by atoms with E-state index in [4.69, 9.17) is 21.8 Å². The average Bonchev–Trinajstić information content (AvgIpc) is 2.15. The molecule has 0 aliphatic rings. The van der Waals surface area contributed by atoms with Gasteiger partial charge in [0.15, 0.2) is 0 Å². The van der Waals surface area contributed by atoms with Gasteiger partial charge in [-0.2, -0.15) is 0 Å². The quantitative estimate of drug-likeness (QED) is 0.464. The monoisotopic (exact) mass is 277 g/mol. The molecule has 3 N–H and O–H groups in total. The van der Waals surface area contributed by atoms with Crippen LogP contribution in [0.25, 0.3) is 0 Å². The van der Waals surface area contributed by atoms with E-state index in [1.807, 2.05) is 0 Å². The summed E-state index contributed by atoms with van der Waals surface area (Å²) >= 11 is 5.82. The van der Waals surface area contributed by atoms with Gasteiger partial charge in [0, 0.05) is 12.0 Å². The molecule has 0 saturated carbocycles. The van der Waals surface area contributed by atoms with Crippen molar-refractivity contribution in [2.24, 2.45) is 5.41 Å². The van der Waals surface area contributed by atoms with Crippen LogP contribution in [0.4, 0.5) is 0 Å². The Hall–Kier alpha value is 0.450. The number of hydrogen-bond acceptors (Lipinski definition) is 3. The molecular weight excluding hydrogens is 262 g/mol. The van der Waals surface area contributed by atoms with Gasteiger partial charge in [0.1, 0.15) is 5.38 Å². The van der Waals surface area contributed by atoms with Crippen LogP contribution < -0.4 is 5.32 Å². The molecule has 16 heavy (non-hydrogen) atoms. The fourth-order valence-corrected chi connectivity index (χ4v) is 0.963. The molecule has 0 radical (unpaired) electrons. The Kier molecular flexibility index (Phi) is 10.0. The first-order valence-electron chi connectivity index (χ1n) is 4.55. The molecule has 0 aromatic carbocycles. The van der Waals surface area contributed by atoms with E-state index in [0.29, 0.717) is 0 Å². The molecule has 0 aromatic heterocycles. The molecule has 0 aliphatic carbocycles. The minimum atomic E-state index is -0.983. The van der Waals surface area contributed by atoms with Crippen LogP contribution in [-0.2, 0) is 9.59 Å². The van der Waals surface area contributed by atoms with Gasteiger partial charge in [-0.05, 0) is 0 Å². The minimum absolute atomic E-state index is 0. The maximum absolute atomic E-state index is 11.4. The van der Waals surface area contributed by atoms with Gasteiger partial charge in [0.2, 0.25) is 5.91 Å². The number of alkyl halides is 1. The zero-order valence-corrected chi connectivity index (χ0v) is 12.5. The summed E-state index contributed by atoms with van der Waals surface area (Å²) in [6, 6.07) is 0. The largest absolute Gasteiger partial charge is 2.00 e. The van der Waals surface area contributed by atoms with Gasteiger partial charge in [0.05, 0.1) is 13.0 Å². The van der Waals surface area contributed by atoms with Crippen LogP contribution in [0.1, 0.15) is 20.3 Å². The first kappa shape index (κ1) is 18.8. The van der Waals surface area contributed by atoms with Gasteiger partial charge in [0.25, 0.3) is 0 Å². The van der Waals surface area contributed by atoms with E-state index in [0.717, 1.165) is 0 Å². The van der Waals surface area contributed by atoms with Crippen molar-refractivity contribution < 1.29 is 19.8 Å². The molecule has 0 rings (SSSR count). The van der Waals surface area contributed by atoms with Crippen LogP contribution in [0, 0.1) is 5.41 Å². The number of carbonyl (C=O) groups excluding carboxylic acids is 1. The zero-order valence-electron chi connectivity index (χ0n) is 9.49. The van der Waals surface area contributed by atoms with E-state index < -0.39 is 22.7 Å². The predicted octanol–water partition coefficient (Wildman–Crippen LogP) is -0.178. The number of amides is 1. The zero-order chi connectivity index (χ0) is 12.1. The Labute approximate surface area is 130 Å². The summed E-state index contributed by atoms with van der Waals surface area (Å²) in [6.45, 7) is 3.13. The van der Waals surface area contributed by atoms with Gasteiger partial charge in [-0.25, -0.2) is 0 Å².